The summed E-state index contributed by atoms with van der Waals surface area (Å²) in [6.45, 7) is 5.25. The number of rotatable bonds is 7. The summed E-state index contributed by atoms with van der Waals surface area (Å²) in [6.07, 6.45) is 10.2. The third-order valence-corrected chi connectivity index (χ3v) is 14.6. The van der Waals surface area contributed by atoms with E-state index >= 15 is 0 Å². The maximum Gasteiger partial charge on any atom is 0.137 e. The molecule has 3 aromatic heterocycles. The van der Waals surface area contributed by atoms with E-state index in [1.807, 2.05) is 72.2 Å². The van der Waals surface area contributed by atoms with Crippen molar-refractivity contribution in [3.63, 3.8) is 0 Å². The van der Waals surface area contributed by atoms with E-state index in [-0.39, 0.29) is 0 Å². The van der Waals surface area contributed by atoms with Gasteiger partial charge in [-0.1, -0.05) is 146 Å². The zero-order valence-corrected chi connectivity index (χ0v) is 42.9. The highest BCUT2D eigenvalue weighted by Crippen LogP contribution is 2.43. The highest BCUT2D eigenvalue weighted by molar-refractivity contribution is 8.59. The van der Waals surface area contributed by atoms with E-state index in [0.717, 1.165) is 60.7 Å². The predicted molar refractivity (Wildman–Crippen MR) is 325 cm³/mol. The van der Waals surface area contributed by atoms with Crippen LogP contribution in [0.25, 0.3) is 85.2 Å². The van der Waals surface area contributed by atoms with Crippen molar-refractivity contribution >= 4 is 154 Å². The van der Waals surface area contributed by atoms with Crippen LogP contribution < -0.4 is 20.7 Å². The second-order valence-electron chi connectivity index (χ2n) is 17.0. The molecule has 0 radical (unpaired) electrons. The average molecular weight is 1000 g/mol. The number of benzene rings is 10. The molecule has 72 heavy (non-hydrogen) atoms. The number of fused-ring (bicyclic) bond motifs is 10. The van der Waals surface area contributed by atoms with Crippen LogP contribution in [0.2, 0.25) is 0 Å². The van der Waals surface area contributed by atoms with Gasteiger partial charge in [-0.25, -0.2) is 0 Å². The van der Waals surface area contributed by atoms with E-state index in [1.54, 1.807) is 6.08 Å². The molecule has 3 heterocycles. The Bertz CT molecular complexity index is 4140. The van der Waals surface area contributed by atoms with E-state index in [2.05, 4.69) is 246 Å². The SMILES string of the molecule is C(/C=C/Nc1ccc2sc3ccccc3c2c1)=c1\cccc\c1=C\c1ccc2c(c1)oc1cc(N(c3ccc4ccccc4c3)c3ccc4sc5ccccc5c4c3)ccc12.C=CC.SS.c1ccccc1. The van der Waals surface area contributed by atoms with Gasteiger partial charge < -0.3 is 14.6 Å². The number of nitrogens with one attached hydrogen (secondary N) is 1. The van der Waals surface area contributed by atoms with Crippen molar-refractivity contribution in [2.75, 3.05) is 10.2 Å². The van der Waals surface area contributed by atoms with Crippen LogP contribution in [0.1, 0.15) is 12.5 Å². The summed E-state index contributed by atoms with van der Waals surface area (Å²) in [4.78, 5) is 2.35. The molecule has 350 valence electrons. The van der Waals surface area contributed by atoms with Crippen LogP contribution in [0, 0.1) is 0 Å². The molecule has 0 aliphatic carbocycles. The quantitative estimate of drug-likeness (QED) is 0.0844. The smallest absolute Gasteiger partial charge is 0.137 e. The standard InChI is InChI=1S/C56H36N2OS2.C6H6.C3H6.H2S2/c1-3-12-39(37(10-1)14-9-29-57-41-21-27-55-49(33-41)47-15-5-7-17-53(47)60-55)30-36-19-25-45-46-26-23-44(35-52(46)59-51(45)31-36)58(42-22-20-38-11-2-4-13-40(38)32-42)43-24-28-56-50(34-43)48-16-6-8-18-54(48)61-56;1-2-4-6-5-3-1;1-3-2;1-2/h1-35,57H;1-6H;3H,1H2,2H3;1-2H/b29-9+,37-14-,39-30-;;;. The van der Waals surface area contributed by atoms with E-state index in [0.29, 0.717) is 0 Å². The topological polar surface area (TPSA) is 28.4 Å². The number of furan rings is 1. The van der Waals surface area contributed by atoms with E-state index in [4.69, 9.17) is 4.42 Å². The second-order valence-corrected chi connectivity index (χ2v) is 19.2. The number of anilines is 4. The van der Waals surface area contributed by atoms with Gasteiger partial charge in [0.25, 0.3) is 0 Å². The van der Waals surface area contributed by atoms with Gasteiger partial charge in [0.1, 0.15) is 11.2 Å². The molecular weight excluding hydrogens is 953 g/mol. The van der Waals surface area contributed by atoms with Crippen LogP contribution in [-0.4, -0.2) is 0 Å². The first-order valence-electron chi connectivity index (χ1n) is 23.7. The minimum atomic E-state index is 0.857. The molecule has 0 bridgehead atoms. The van der Waals surface area contributed by atoms with E-state index in [9.17, 15) is 0 Å². The molecule has 0 spiro atoms. The summed E-state index contributed by atoms with van der Waals surface area (Å²) in [7, 11) is 0. The van der Waals surface area contributed by atoms with Gasteiger partial charge in [0.05, 0.1) is 0 Å². The van der Waals surface area contributed by atoms with Crippen molar-refractivity contribution in [3.8, 4) is 0 Å². The first-order chi connectivity index (χ1) is 35.6. The molecule has 0 saturated heterocycles. The third kappa shape index (κ3) is 10.3. The first kappa shape index (κ1) is 47.9. The van der Waals surface area contributed by atoms with Crippen molar-refractivity contribution in [1.29, 1.82) is 0 Å². The Morgan fingerprint density at radius 1 is 0.458 bits per heavy atom. The summed E-state index contributed by atoms with van der Waals surface area (Å²) in [6, 6.07) is 79.6. The normalized spacial score (nSPS) is 11.7. The first-order valence-corrected chi connectivity index (χ1v) is 26.9. The lowest BCUT2D eigenvalue weighted by atomic mass is 10.1. The summed E-state index contributed by atoms with van der Waals surface area (Å²) in [5.41, 5.74) is 7.12. The monoisotopic (exact) mass is 1000 g/mol. The van der Waals surface area contributed by atoms with Crippen LogP contribution in [0.5, 0.6) is 0 Å². The Morgan fingerprint density at radius 3 is 1.68 bits per heavy atom. The molecular formula is C65H50N2OS4. The summed E-state index contributed by atoms with van der Waals surface area (Å²) in [5, 5.41) is 15.5. The van der Waals surface area contributed by atoms with Gasteiger partial charge in [-0.3, -0.25) is 0 Å². The van der Waals surface area contributed by atoms with Crippen molar-refractivity contribution in [3.05, 3.63) is 265 Å². The molecule has 0 saturated carbocycles. The Balaban J connectivity index is 0.000000492. The molecule has 0 fully saturated rings. The molecule has 10 aromatic carbocycles. The van der Waals surface area contributed by atoms with Gasteiger partial charge >= 0.3 is 0 Å². The Hall–Kier alpha value is -7.78. The summed E-state index contributed by atoms with van der Waals surface area (Å²) in [5.74, 6) is 0. The number of thiophene rings is 2. The lowest BCUT2D eigenvalue weighted by molar-refractivity contribution is 0.669. The molecule has 3 nitrogen and oxygen atoms in total. The van der Waals surface area contributed by atoms with Crippen LogP contribution in [0.15, 0.2) is 254 Å². The molecule has 0 atom stereocenters. The fourth-order valence-corrected chi connectivity index (χ4v) is 11.3. The van der Waals surface area contributed by atoms with Crippen molar-refractivity contribution in [2.45, 2.75) is 6.92 Å². The van der Waals surface area contributed by atoms with Gasteiger partial charge in [0, 0.05) is 86.1 Å². The second kappa shape index (κ2) is 22.5. The molecule has 7 heteroatoms. The fourth-order valence-electron chi connectivity index (χ4n) is 9.10. The number of hydrogen-bond acceptors (Lipinski definition) is 7. The maximum atomic E-state index is 6.70. The van der Waals surface area contributed by atoms with E-state index < -0.39 is 0 Å². The van der Waals surface area contributed by atoms with E-state index in [1.165, 1.54) is 51.1 Å². The summed E-state index contributed by atoms with van der Waals surface area (Å²) < 4.78 is 11.9. The van der Waals surface area contributed by atoms with Crippen LogP contribution in [-0.2, 0) is 0 Å². The summed E-state index contributed by atoms with van der Waals surface area (Å²) >= 11 is 10.1. The molecule has 1 N–H and O–H groups in total. The van der Waals surface area contributed by atoms with Gasteiger partial charge in [-0.2, -0.15) is 0 Å². The van der Waals surface area contributed by atoms with Gasteiger partial charge in [-0.05, 0) is 131 Å². The van der Waals surface area contributed by atoms with Crippen molar-refractivity contribution < 1.29 is 4.42 Å². The lowest BCUT2D eigenvalue weighted by Gasteiger charge is -2.26. The number of thiol groups is 2. The highest BCUT2D eigenvalue weighted by atomic mass is 33.1. The minimum Gasteiger partial charge on any atom is -0.456 e. The molecule has 0 amide bonds. The average Bonchev–Trinajstić information content (AvgIpc) is 4.12. The fraction of sp³-hybridized carbons (Fsp3) is 0.0154. The zero-order chi connectivity index (χ0) is 49.2. The molecule has 13 rings (SSSR count). The highest BCUT2D eigenvalue weighted by Gasteiger charge is 2.18. The molecule has 0 aliphatic heterocycles. The van der Waals surface area contributed by atoms with Gasteiger partial charge in [0.15, 0.2) is 0 Å². The number of hydrogen-bond donors (Lipinski definition) is 3. The maximum absolute atomic E-state index is 6.70. The number of nitrogens with zero attached hydrogens (tertiary/aromatic N) is 1. The lowest BCUT2D eigenvalue weighted by Crippen LogP contribution is -2.23. The Morgan fingerprint density at radius 2 is 0.972 bits per heavy atom. The Kier molecular flexibility index (Phi) is 15.0. The largest absolute Gasteiger partial charge is 0.456 e. The molecule has 0 unspecified atom stereocenters. The molecule has 0 aliphatic rings. The Labute approximate surface area is 437 Å². The van der Waals surface area contributed by atoms with Gasteiger partial charge in [0.2, 0.25) is 0 Å². The third-order valence-electron chi connectivity index (χ3n) is 12.3. The van der Waals surface area contributed by atoms with Crippen LogP contribution in [0.4, 0.5) is 22.7 Å². The predicted octanol–water partition coefficient (Wildman–Crippen LogP) is 18.8. The molecule has 13 aromatic rings. The van der Waals surface area contributed by atoms with Crippen LogP contribution in [0.3, 0.4) is 0 Å². The van der Waals surface area contributed by atoms with Crippen molar-refractivity contribution in [2.24, 2.45) is 0 Å². The van der Waals surface area contributed by atoms with Crippen molar-refractivity contribution in [1.82, 2.24) is 0 Å². The van der Waals surface area contributed by atoms with Gasteiger partial charge in [-0.15, -0.1) is 52.6 Å². The zero-order valence-electron chi connectivity index (χ0n) is 39.5. The van der Waals surface area contributed by atoms with Crippen LogP contribution >= 0.6 is 46.0 Å². The number of allylic oxidation sites excluding steroid dienone is 2. The minimum absolute atomic E-state index is 0.857.